The summed E-state index contributed by atoms with van der Waals surface area (Å²) in [4.78, 5) is 0. The van der Waals surface area contributed by atoms with Crippen molar-refractivity contribution in [2.75, 3.05) is 6.54 Å². The molecule has 0 fully saturated rings. The standard InChI is InChI=1S/C16H16BrCl2NO/c1-9-6-10(2-5-14(9)17)16(21)13(8-20)12-4-3-11(18)7-15(12)19/h2-7,13,16,21H,8,20H2,1H3. The molecule has 0 heterocycles. The third-order valence-electron chi connectivity index (χ3n) is 3.52. The van der Waals surface area contributed by atoms with Crippen molar-refractivity contribution in [3.8, 4) is 0 Å². The lowest BCUT2D eigenvalue weighted by molar-refractivity contribution is 0.147. The van der Waals surface area contributed by atoms with Gasteiger partial charge in [-0.05, 0) is 41.8 Å². The van der Waals surface area contributed by atoms with E-state index in [9.17, 15) is 5.11 Å². The number of halogens is 3. The third-order valence-corrected chi connectivity index (χ3v) is 4.97. The predicted molar refractivity (Wildman–Crippen MR) is 92.1 cm³/mol. The maximum Gasteiger partial charge on any atom is 0.0871 e. The predicted octanol–water partition coefficient (Wildman–Crippen LogP) is 4.84. The lowest BCUT2D eigenvalue weighted by Crippen LogP contribution is -2.20. The molecule has 0 aliphatic heterocycles. The van der Waals surface area contributed by atoms with Crippen molar-refractivity contribution in [3.05, 3.63) is 67.6 Å². The summed E-state index contributed by atoms with van der Waals surface area (Å²) in [5, 5.41) is 11.7. The van der Waals surface area contributed by atoms with Gasteiger partial charge in [0.2, 0.25) is 0 Å². The van der Waals surface area contributed by atoms with E-state index in [0.717, 1.165) is 21.2 Å². The molecule has 21 heavy (non-hydrogen) atoms. The molecule has 0 saturated heterocycles. The summed E-state index contributed by atoms with van der Waals surface area (Å²) in [7, 11) is 0. The Bertz CT molecular complexity index is 648. The Labute approximate surface area is 143 Å². The summed E-state index contributed by atoms with van der Waals surface area (Å²) in [5.41, 5.74) is 8.54. The zero-order valence-corrected chi connectivity index (χ0v) is 14.6. The van der Waals surface area contributed by atoms with Crippen molar-refractivity contribution >= 4 is 39.1 Å². The molecule has 2 atom stereocenters. The first-order valence-corrected chi connectivity index (χ1v) is 8.08. The highest BCUT2D eigenvalue weighted by Gasteiger charge is 2.24. The van der Waals surface area contributed by atoms with E-state index in [1.54, 1.807) is 12.1 Å². The van der Waals surface area contributed by atoms with Crippen molar-refractivity contribution < 1.29 is 5.11 Å². The lowest BCUT2D eigenvalue weighted by atomic mass is 9.88. The second kappa shape index (κ2) is 7.12. The van der Waals surface area contributed by atoms with Crippen LogP contribution in [0.25, 0.3) is 0 Å². The van der Waals surface area contributed by atoms with E-state index in [1.807, 2.05) is 31.2 Å². The monoisotopic (exact) mass is 387 g/mol. The average molecular weight is 389 g/mol. The first-order chi connectivity index (χ1) is 9.93. The van der Waals surface area contributed by atoms with E-state index in [2.05, 4.69) is 15.9 Å². The van der Waals surface area contributed by atoms with Crippen LogP contribution in [0.4, 0.5) is 0 Å². The van der Waals surface area contributed by atoms with Gasteiger partial charge in [-0.1, -0.05) is 57.3 Å². The number of aliphatic hydroxyl groups excluding tert-OH is 1. The maximum absolute atomic E-state index is 10.7. The van der Waals surface area contributed by atoms with Crippen LogP contribution in [0.15, 0.2) is 40.9 Å². The molecule has 0 bridgehead atoms. The van der Waals surface area contributed by atoms with Crippen LogP contribution in [0.2, 0.25) is 10.0 Å². The van der Waals surface area contributed by atoms with Gasteiger partial charge in [0.05, 0.1) is 6.10 Å². The zero-order chi connectivity index (χ0) is 15.6. The van der Waals surface area contributed by atoms with Crippen molar-refractivity contribution in [3.63, 3.8) is 0 Å². The van der Waals surface area contributed by atoms with Crippen LogP contribution in [-0.4, -0.2) is 11.7 Å². The van der Waals surface area contributed by atoms with Crippen LogP contribution in [0.5, 0.6) is 0 Å². The van der Waals surface area contributed by atoms with Crippen LogP contribution in [0.1, 0.15) is 28.7 Å². The molecule has 0 aliphatic carbocycles. The SMILES string of the molecule is Cc1cc(C(O)C(CN)c2ccc(Cl)cc2Cl)ccc1Br. The number of hydrogen-bond acceptors (Lipinski definition) is 2. The summed E-state index contributed by atoms with van der Waals surface area (Å²) in [6.45, 7) is 2.27. The van der Waals surface area contributed by atoms with Gasteiger partial charge in [0, 0.05) is 27.0 Å². The van der Waals surface area contributed by atoms with Gasteiger partial charge in [-0.25, -0.2) is 0 Å². The molecule has 5 heteroatoms. The van der Waals surface area contributed by atoms with Crippen molar-refractivity contribution in [2.45, 2.75) is 18.9 Å². The lowest BCUT2D eigenvalue weighted by Gasteiger charge is -2.24. The Morgan fingerprint density at radius 2 is 1.90 bits per heavy atom. The molecule has 3 N–H and O–H groups in total. The fraction of sp³-hybridized carbons (Fsp3) is 0.250. The number of aryl methyl sites for hydroxylation is 1. The first kappa shape index (κ1) is 16.8. The minimum Gasteiger partial charge on any atom is -0.388 e. The second-order valence-corrected chi connectivity index (χ2v) is 6.66. The summed E-state index contributed by atoms with van der Waals surface area (Å²) >= 11 is 15.6. The molecule has 0 aliphatic rings. The zero-order valence-electron chi connectivity index (χ0n) is 11.5. The van der Waals surface area contributed by atoms with Gasteiger partial charge >= 0.3 is 0 Å². The van der Waals surface area contributed by atoms with Gasteiger partial charge in [0.15, 0.2) is 0 Å². The molecule has 0 spiro atoms. The number of aliphatic hydroxyl groups is 1. The highest BCUT2D eigenvalue weighted by atomic mass is 79.9. The number of hydrogen-bond donors (Lipinski definition) is 2. The van der Waals surface area contributed by atoms with Crippen molar-refractivity contribution in [1.29, 1.82) is 0 Å². The smallest absolute Gasteiger partial charge is 0.0871 e. The Morgan fingerprint density at radius 3 is 2.48 bits per heavy atom. The molecule has 2 aromatic carbocycles. The number of nitrogens with two attached hydrogens (primary N) is 1. The Hall–Kier alpha value is -0.580. The Balaban J connectivity index is 2.37. The largest absolute Gasteiger partial charge is 0.388 e. The average Bonchev–Trinajstić information content (AvgIpc) is 2.44. The quantitative estimate of drug-likeness (QED) is 0.786. The fourth-order valence-electron chi connectivity index (χ4n) is 2.31. The maximum atomic E-state index is 10.7. The fourth-order valence-corrected chi connectivity index (χ4v) is 3.11. The van der Waals surface area contributed by atoms with Gasteiger partial charge in [0.25, 0.3) is 0 Å². The third kappa shape index (κ3) is 3.79. The van der Waals surface area contributed by atoms with E-state index in [-0.39, 0.29) is 12.5 Å². The van der Waals surface area contributed by atoms with Crippen LogP contribution in [0, 0.1) is 6.92 Å². The number of benzene rings is 2. The van der Waals surface area contributed by atoms with Crippen molar-refractivity contribution in [2.24, 2.45) is 5.73 Å². The van der Waals surface area contributed by atoms with Gasteiger partial charge < -0.3 is 10.8 Å². The minimum atomic E-state index is -0.722. The normalized spacial score (nSPS) is 14.0. The molecular formula is C16H16BrCl2NO. The number of rotatable bonds is 4. The summed E-state index contributed by atoms with van der Waals surface area (Å²) in [6.07, 6.45) is -0.722. The van der Waals surface area contributed by atoms with Gasteiger partial charge in [-0.3, -0.25) is 0 Å². The van der Waals surface area contributed by atoms with Gasteiger partial charge in [-0.2, -0.15) is 0 Å². The molecule has 0 aromatic heterocycles. The van der Waals surface area contributed by atoms with Crippen molar-refractivity contribution in [1.82, 2.24) is 0 Å². The van der Waals surface area contributed by atoms with Crippen LogP contribution in [-0.2, 0) is 0 Å². The highest BCUT2D eigenvalue weighted by Crippen LogP contribution is 2.36. The molecule has 2 aromatic rings. The molecule has 112 valence electrons. The molecule has 2 rings (SSSR count). The van der Waals surface area contributed by atoms with E-state index in [1.165, 1.54) is 0 Å². The summed E-state index contributed by atoms with van der Waals surface area (Å²) in [6, 6.07) is 11.0. The van der Waals surface area contributed by atoms with E-state index in [4.69, 9.17) is 28.9 Å². The Kier molecular flexibility index (Phi) is 5.69. The minimum absolute atomic E-state index is 0.282. The molecule has 2 unspecified atom stereocenters. The molecule has 0 saturated carbocycles. The van der Waals surface area contributed by atoms with E-state index >= 15 is 0 Å². The summed E-state index contributed by atoms with van der Waals surface area (Å²) in [5.74, 6) is -0.282. The van der Waals surface area contributed by atoms with Gasteiger partial charge in [0.1, 0.15) is 0 Å². The van der Waals surface area contributed by atoms with Crippen LogP contribution in [0.3, 0.4) is 0 Å². The van der Waals surface area contributed by atoms with Gasteiger partial charge in [-0.15, -0.1) is 0 Å². The van der Waals surface area contributed by atoms with E-state index < -0.39 is 6.10 Å². The van der Waals surface area contributed by atoms with Crippen LogP contribution < -0.4 is 5.73 Å². The first-order valence-electron chi connectivity index (χ1n) is 6.53. The highest BCUT2D eigenvalue weighted by molar-refractivity contribution is 9.10. The molecule has 0 amide bonds. The van der Waals surface area contributed by atoms with Crippen LogP contribution >= 0.6 is 39.1 Å². The second-order valence-electron chi connectivity index (χ2n) is 4.96. The molecule has 2 nitrogen and oxygen atoms in total. The molecule has 0 radical (unpaired) electrons. The van der Waals surface area contributed by atoms with E-state index in [0.29, 0.717) is 10.0 Å². The topological polar surface area (TPSA) is 46.2 Å². The Morgan fingerprint density at radius 1 is 1.19 bits per heavy atom. The molecular weight excluding hydrogens is 373 g/mol. The summed E-state index contributed by atoms with van der Waals surface area (Å²) < 4.78 is 1.01.